The minimum Gasteiger partial charge on any atom is -0.345 e. The van der Waals surface area contributed by atoms with Gasteiger partial charge in [-0.2, -0.15) is 0 Å². The summed E-state index contributed by atoms with van der Waals surface area (Å²) in [5, 5.41) is 0. The van der Waals surface area contributed by atoms with E-state index >= 15 is 0 Å². The fourth-order valence-electron chi connectivity index (χ4n) is 2.79. The molecular formula is C21H41NO. The van der Waals surface area contributed by atoms with Crippen LogP contribution in [0, 0.1) is 0 Å². The molecule has 0 rings (SSSR count). The Kier molecular flexibility index (Phi) is 17.0. The Morgan fingerprint density at radius 2 is 1.09 bits per heavy atom. The normalized spacial score (nSPS) is 11.3. The number of amides is 1. The number of rotatable bonds is 16. The number of carbonyl (C=O) groups is 1. The van der Waals surface area contributed by atoms with E-state index in [0.29, 0.717) is 0 Å². The Balaban J connectivity index is 3.12. The summed E-state index contributed by atoms with van der Waals surface area (Å²) in [7, 11) is 3.58. The molecule has 0 aliphatic rings. The van der Waals surface area contributed by atoms with Crippen molar-refractivity contribution in [1.82, 2.24) is 4.90 Å². The second-order valence-corrected chi connectivity index (χ2v) is 7.02. The van der Waals surface area contributed by atoms with Gasteiger partial charge in [-0.1, -0.05) is 96.5 Å². The van der Waals surface area contributed by atoms with Gasteiger partial charge >= 0.3 is 0 Å². The highest BCUT2D eigenvalue weighted by Crippen LogP contribution is 2.13. The third kappa shape index (κ3) is 17.4. The first-order valence-electron chi connectivity index (χ1n) is 10.1. The van der Waals surface area contributed by atoms with Gasteiger partial charge in [0.2, 0.25) is 5.91 Å². The zero-order valence-corrected chi connectivity index (χ0v) is 16.1. The second kappa shape index (κ2) is 17.6. The number of hydrogen-bond donors (Lipinski definition) is 0. The van der Waals surface area contributed by atoms with Crippen LogP contribution >= 0.6 is 0 Å². The van der Waals surface area contributed by atoms with Crippen molar-refractivity contribution in [1.29, 1.82) is 0 Å². The van der Waals surface area contributed by atoms with E-state index in [2.05, 4.69) is 6.92 Å². The van der Waals surface area contributed by atoms with Gasteiger partial charge < -0.3 is 4.90 Å². The van der Waals surface area contributed by atoms with Crippen molar-refractivity contribution in [3.63, 3.8) is 0 Å². The van der Waals surface area contributed by atoms with Gasteiger partial charge in [0.15, 0.2) is 0 Å². The Hall–Kier alpha value is -0.790. The molecule has 0 N–H and O–H groups in total. The van der Waals surface area contributed by atoms with Gasteiger partial charge in [0, 0.05) is 14.1 Å². The standard InChI is InChI=1S/C21H41NO/c1-4-5-6-7-8-9-10-11-12-13-14-15-16-17-18-19-20-21(23)22(2)3/h19-20H,4-18H2,1-3H3. The lowest BCUT2D eigenvalue weighted by molar-refractivity contribution is -0.123. The van der Waals surface area contributed by atoms with Crippen molar-refractivity contribution in [2.24, 2.45) is 0 Å². The van der Waals surface area contributed by atoms with Crippen molar-refractivity contribution in [3.8, 4) is 0 Å². The van der Waals surface area contributed by atoms with Gasteiger partial charge in [0.05, 0.1) is 0 Å². The minimum atomic E-state index is 0.0929. The third-order valence-electron chi connectivity index (χ3n) is 4.43. The average molecular weight is 324 g/mol. The Bertz CT molecular complexity index is 284. The molecule has 2 heteroatoms. The maximum Gasteiger partial charge on any atom is 0.245 e. The molecule has 0 saturated carbocycles. The molecule has 1 amide bonds. The van der Waals surface area contributed by atoms with Crippen molar-refractivity contribution in [2.45, 2.75) is 103 Å². The monoisotopic (exact) mass is 323 g/mol. The highest BCUT2D eigenvalue weighted by Gasteiger charge is 1.96. The summed E-state index contributed by atoms with van der Waals surface area (Å²) in [5.74, 6) is 0.0929. The first kappa shape index (κ1) is 22.2. The fourth-order valence-corrected chi connectivity index (χ4v) is 2.79. The number of nitrogens with zero attached hydrogens (tertiary/aromatic N) is 1. The van der Waals surface area contributed by atoms with Crippen molar-refractivity contribution < 1.29 is 4.79 Å². The van der Waals surface area contributed by atoms with E-state index in [0.717, 1.165) is 6.42 Å². The summed E-state index contributed by atoms with van der Waals surface area (Å²) in [6.45, 7) is 2.28. The van der Waals surface area contributed by atoms with E-state index in [1.165, 1.54) is 89.9 Å². The minimum absolute atomic E-state index is 0.0929. The number of likely N-dealkylation sites (N-methyl/N-ethyl adjacent to an activating group) is 1. The number of allylic oxidation sites excluding steroid dienone is 1. The van der Waals surface area contributed by atoms with Crippen LogP contribution in [-0.4, -0.2) is 24.9 Å². The maximum atomic E-state index is 11.3. The summed E-state index contributed by atoms with van der Waals surface area (Å²) >= 11 is 0. The van der Waals surface area contributed by atoms with Crippen molar-refractivity contribution >= 4 is 5.91 Å². The lowest BCUT2D eigenvalue weighted by atomic mass is 10.0. The van der Waals surface area contributed by atoms with Crippen LogP contribution in [0.1, 0.15) is 103 Å². The highest BCUT2D eigenvalue weighted by molar-refractivity contribution is 5.86. The molecule has 136 valence electrons. The van der Waals surface area contributed by atoms with E-state index in [4.69, 9.17) is 0 Å². The van der Waals surface area contributed by atoms with Gasteiger partial charge in [-0.25, -0.2) is 0 Å². The molecule has 0 aromatic heterocycles. The van der Waals surface area contributed by atoms with Crippen LogP contribution in [0.15, 0.2) is 12.2 Å². The molecule has 0 aliphatic carbocycles. The third-order valence-corrected chi connectivity index (χ3v) is 4.43. The summed E-state index contributed by atoms with van der Waals surface area (Å²) in [6.07, 6.45) is 24.3. The largest absolute Gasteiger partial charge is 0.345 e. The van der Waals surface area contributed by atoms with E-state index in [1.807, 2.05) is 6.08 Å². The summed E-state index contributed by atoms with van der Waals surface area (Å²) < 4.78 is 0. The molecular weight excluding hydrogens is 282 g/mol. The molecule has 0 fully saturated rings. The van der Waals surface area contributed by atoms with Crippen LogP contribution in [0.25, 0.3) is 0 Å². The van der Waals surface area contributed by atoms with Gasteiger partial charge in [-0.05, 0) is 18.9 Å². The fraction of sp³-hybridized carbons (Fsp3) is 0.857. The van der Waals surface area contributed by atoms with Crippen molar-refractivity contribution in [2.75, 3.05) is 14.1 Å². The van der Waals surface area contributed by atoms with Gasteiger partial charge in [0.1, 0.15) is 0 Å². The van der Waals surface area contributed by atoms with Crippen LogP contribution in [-0.2, 0) is 4.79 Å². The van der Waals surface area contributed by atoms with Crippen LogP contribution in [0.4, 0.5) is 0 Å². The van der Waals surface area contributed by atoms with Crippen LogP contribution in [0.3, 0.4) is 0 Å². The zero-order chi connectivity index (χ0) is 17.2. The molecule has 0 aromatic rings. The average Bonchev–Trinajstić information content (AvgIpc) is 2.54. The Morgan fingerprint density at radius 3 is 1.48 bits per heavy atom. The zero-order valence-electron chi connectivity index (χ0n) is 16.1. The molecule has 0 saturated heterocycles. The summed E-state index contributed by atoms with van der Waals surface area (Å²) in [5.41, 5.74) is 0. The molecule has 0 aromatic carbocycles. The van der Waals surface area contributed by atoms with Crippen LogP contribution < -0.4 is 0 Å². The lowest BCUT2D eigenvalue weighted by Crippen LogP contribution is -2.18. The van der Waals surface area contributed by atoms with Crippen LogP contribution in [0.5, 0.6) is 0 Å². The van der Waals surface area contributed by atoms with Crippen LogP contribution in [0.2, 0.25) is 0 Å². The summed E-state index contributed by atoms with van der Waals surface area (Å²) in [6, 6.07) is 0. The maximum absolute atomic E-state index is 11.3. The summed E-state index contributed by atoms with van der Waals surface area (Å²) in [4.78, 5) is 12.9. The molecule has 0 heterocycles. The van der Waals surface area contributed by atoms with E-state index in [1.54, 1.807) is 25.1 Å². The Labute approximate surface area is 145 Å². The van der Waals surface area contributed by atoms with Crippen molar-refractivity contribution in [3.05, 3.63) is 12.2 Å². The molecule has 2 nitrogen and oxygen atoms in total. The number of unbranched alkanes of at least 4 members (excludes halogenated alkanes) is 14. The Morgan fingerprint density at radius 1 is 0.696 bits per heavy atom. The van der Waals surface area contributed by atoms with Gasteiger partial charge in [-0.15, -0.1) is 0 Å². The number of carbonyl (C=O) groups excluding carboxylic acids is 1. The molecule has 0 bridgehead atoms. The van der Waals surface area contributed by atoms with Gasteiger partial charge in [-0.3, -0.25) is 4.79 Å². The second-order valence-electron chi connectivity index (χ2n) is 7.02. The smallest absolute Gasteiger partial charge is 0.245 e. The topological polar surface area (TPSA) is 20.3 Å². The molecule has 23 heavy (non-hydrogen) atoms. The SMILES string of the molecule is CCCCCCCCCCCCCCCCC=CC(=O)N(C)C. The predicted octanol–water partition coefficient (Wildman–Crippen LogP) is 6.50. The quantitative estimate of drug-likeness (QED) is 0.234. The molecule has 0 spiro atoms. The van der Waals surface area contributed by atoms with Gasteiger partial charge in [0.25, 0.3) is 0 Å². The molecule has 0 aliphatic heterocycles. The van der Waals surface area contributed by atoms with E-state index in [9.17, 15) is 4.79 Å². The highest BCUT2D eigenvalue weighted by atomic mass is 16.2. The first-order valence-corrected chi connectivity index (χ1v) is 10.1. The molecule has 0 atom stereocenters. The van der Waals surface area contributed by atoms with E-state index in [-0.39, 0.29) is 5.91 Å². The lowest BCUT2D eigenvalue weighted by Gasteiger charge is -2.05. The first-order chi connectivity index (χ1) is 11.2. The molecule has 0 radical (unpaired) electrons. The molecule has 0 unspecified atom stereocenters. The number of hydrogen-bond acceptors (Lipinski definition) is 1. The van der Waals surface area contributed by atoms with E-state index < -0.39 is 0 Å². The predicted molar refractivity (Wildman–Crippen MR) is 103 cm³/mol.